The number of esters is 1. The zero-order chi connectivity index (χ0) is 22.0. The van der Waals surface area contributed by atoms with Gasteiger partial charge in [-0.3, -0.25) is 4.79 Å². The highest BCUT2D eigenvalue weighted by Crippen LogP contribution is 2.58. The molecule has 0 bridgehead atoms. The fourth-order valence-electron chi connectivity index (χ4n) is 4.45. The zero-order valence-corrected chi connectivity index (χ0v) is 16.2. The van der Waals surface area contributed by atoms with Gasteiger partial charge in [-0.2, -0.15) is 26.3 Å². The van der Waals surface area contributed by atoms with E-state index in [0.29, 0.717) is 20.3 Å². The minimum Gasteiger partial charge on any atom is -0.459 e. The zero-order valence-electron chi connectivity index (χ0n) is 16.2. The molecule has 0 aromatic carbocycles. The lowest BCUT2D eigenvalue weighted by molar-refractivity contribution is -0.303. The lowest BCUT2D eigenvalue weighted by atomic mass is 9.60. The smallest absolute Gasteiger partial charge is 0.417 e. The molecule has 0 aromatic rings. The minimum atomic E-state index is -5.10. The number of hydrogen-bond acceptors (Lipinski definition) is 4. The van der Waals surface area contributed by atoms with Crippen LogP contribution in [0.2, 0.25) is 0 Å². The van der Waals surface area contributed by atoms with Gasteiger partial charge in [-0.1, -0.05) is 6.92 Å². The van der Waals surface area contributed by atoms with Crippen LogP contribution < -0.4 is 0 Å². The summed E-state index contributed by atoms with van der Waals surface area (Å²) in [6.45, 7) is 4.24. The Labute approximate surface area is 159 Å². The maximum absolute atomic E-state index is 13.4. The molecule has 1 spiro atoms. The Bertz CT molecular complexity index is 591. The fraction of sp³-hybridized carbons (Fsp3) is 0.944. The molecule has 4 nitrogen and oxygen atoms in total. The number of halogens is 6. The summed E-state index contributed by atoms with van der Waals surface area (Å²) in [6, 6.07) is 0. The van der Waals surface area contributed by atoms with Gasteiger partial charge in [-0.15, -0.1) is 0 Å². The Balaban J connectivity index is 2.50. The lowest BCUT2D eigenvalue weighted by Crippen LogP contribution is -2.59. The van der Waals surface area contributed by atoms with E-state index in [2.05, 4.69) is 0 Å². The largest absolute Gasteiger partial charge is 0.459 e. The second-order valence-corrected chi connectivity index (χ2v) is 8.99. The quantitative estimate of drug-likeness (QED) is 0.532. The average molecular weight is 420 g/mol. The average Bonchev–Trinajstić information content (AvgIpc) is 2.75. The first-order valence-electron chi connectivity index (χ1n) is 9.13. The van der Waals surface area contributed by atoms with Crippen molar-refractivity contribution in [3.8, 4) is 0 Å². The second-order valence-electron chi connectivity index (χ2n) is 8.99. The molecule has 28 heavy (non-hydrogen) atoms. The van der Waals surface area contributed by atoms with E-state index in [0.717, 1.165) is 0 Å². The number of aliphatic hydroxyl groups is 2. The first-order chi connectivity index (χ1) is 12.3. The molecule has 164 valence electrons. The number of alkyl halides is 6. The van der Waals surface area contributed by atoms with Gasteiger partial charge in [0.2, 0.25) is 0 Å². The molecule has 1 aliphatic carbocycles. The normalized spacial score (nSPS) is 38.8. The Hall–Kier alpha value is -1.03. The van der Waals surface area contributed by atoms with E-state index in [1.165, 1.54) is 0 Å². The maximum atomic E-state index is 13.4. The van der Waals surface area contributed by atoms with Crippen LogP contribution in [-0.4, -0.2) is 45.3 Å². The van der Waals surface area contributed by atoms with E-state index in [4.69, 9.17) is 4.74 Å². The standard InChI is InChI=1S/C18H26F6O4/c1-5-13(2)9-16(28-12(13)25)7-10(14(3,26)17(19,20)21)6-11(8-16)15(4,27)18(22,23)24/h10-11,26-27H,5-9H2,1-4H3. The first-order valence-corrected chi connectivity index (χ1v) is 9.13. The van der Waals surface area contributed by atoms with Crippen molar-refractivity contribution < 1.29 is 46.1 Å². The predicted molar refractivity (Wildman–Crippen MR) is 86.0 cm³/mol. The van der Waals surface area contributed by atoms with Crippen molar-refractivity contribution in [3.63, 3.8) is 0 Å². The van der Waals surface area contributed by atoms with Crippen molar-refractivity contribution in [2.45, 2.75) is 89.0 Å². The number of ether oxygens (including phenoxy) is 1. The van der Waals surface area contributed by atoms with Crippen molar-refractivity contribution in [3.05, 3.63) is 0 Å². The highest BCUT2D eigenvalue weighted by Gasteiger charge is 2.66. The molecule has 1 heterocycles. The molecule has 0 aromatic heterocycles. The van der Waals surface area contributed by atoms with Crippen LogP contribution in [0.15, 0.2) is 0 Å². The van der Waals surface area contributed by atoms with Crippen LogP contribution in [0.25, 0.3) is 0 Å². The molecule has 5 unspecified atom stereocenters. The SMILES string of the molecule is CCC1(C)CC2(CC(C(C)(O)C(F)(F)F)CC(C(C)(O)C(F)(F)F)C2)OC1=O. The summed E-state index contributed by atoms with van der Waals surface area (Å²) in [5, 5.41) is 20.3. The molecule has 1 saturated heterocycles. The first kappa shape index (κ1) is 23.3. The van der Waals surface area contributed by atoms with Crippen molar-refractivity contribution in [2.75, 3.05) is 0 Å². The van der Waals surface area contributed by atoms with E-state index in [-0.39, 0.29) is 6.42 Å². The van der Waals surface area contributed by atoms with Gasteiger partial charge in [0.1, 0.15) is 5.60 Å². The van der Waals surface area contributed by atoms with E-state index in [9.17, 15) is 41.4 Å². The summed E-state index contributed by atoms with van der Waals surface area (Å²) in [4.78, 5) is 12.3. The topological polar surface area (TPSA) is 66.8 Å². The molecular formula is C18H26F6O4. The van der Waals surface area contributed by atoms with E-state index in [1.807, 2.05) is 0 Å². The van der Waals surface area contributed by atoms with E-state index < -0.39 is 71.6 Å². The summed E-state index contributed by atoms with van der Waals surface area (Å²) in [6.07, 6.45) is -11.5. The monoisotopic (exact) mass is 420 g/mol. The molecule has 2 fully saturated rings. The number of hydrogen-bond donors (Lipinski definition) is 2. The molecule has 10 heteroatoms. The fourth-order valence-corrected chi connectivity index (χ4v) is 4.45. The highest BCUT2D eigenvalue weighted by atomic mass is 19.4. The van der Waals surface area contributed by atoms with Crippen LogP contribution in [0.5, 0.6) is 0 Å². The van der Waals surface area contributed by atoms with E-state index in [1.54, 1.807) is 13.8 Å². The molecule has 0 amide bonds. The molecule has 2 N–H and O–H groups in total. The summed E-state index contributed by atoms with van der Waals surface area (Å²) in [7, 11) is 0. The van der Waals surface area contributed by atoms with Crippen LogP contribution in [0, 0.1) is 17.3 Å². The molecule has 1 aliphatic heterocycles. The highest BCUT2D eigenvalue weighted by molar-refractivity contribution is 5.79. The van der Waals surface area contributed by atoms with E-state index >= 15 is 0 Å². The maximum Gasteiger partial charge on any atom is 0.417 e. The minimum absolute atomic E-state index is 0.0653. The van der Waals surface area contributed by atoms with Crippen LogP contribution >= 0.6 is 0 Å². The molecule has 2 aliphatic rings. The van der Waals surface area contributed by atoms with Crippen molar-refractivity contribution >= 4 is 5.97 Å². The van der Waals surface area contributed by atoms with Crippen LogP contribution in [-0.2, 0) is 9.53 Å². The van der Waals surface area contributed by atoms with Crippen molar-refractivity contribution in [2.24, 2.45) is 17.3 Å². The van der Waals surface area contributed by atoms with Crippen LogP contribution in [0.1, 0.15) is 59.8 Å². The van der Waals surface area contributed by atoms with Gasteiger partial charge < -0.3 is 14.9 Å². The summed E-state index contributed by atoms with van der Waals surface area (Å²) >= 11 is 0. The van der Waals surface area contributed by atoms with Crippen molar-refractivity contribution in [1.29, 1.82) is 0 Å². The van der Waals surface area contributed by atoms with Gasteiger partial charge >= 0.3 is 18.3 Å². The molecule has 1 saturated carbocycles. The van der Waals surface area contributed by atoms with Gasteiger partial charge in [0.25, 0.3) is 0 Å². The molecule has 2 rings (SSSR count). The van der Waals surface area contributed by atoms with Crippen LogP contribution in [0.4, 0.5) is 26.3 Å². The van der Waals surface area contributed by atoms with Gasteiger partial charge in [-0.25, -0.2) is 0 Å². The van der Waals surface area contributed by atoms with Gasteiger partial charge in [0.05, 0.1) is 5.41 Å². The Morgan fingerprint density at radius 3 is 1.68 bits per heavy atom. The number of carbonyl (C=O) groups is 1. The third kappa shape index (κ3) is 3.62. The third-order valence-corrected chi connectivity index (χ3v) is 6.84. The second kappa shape index (κ2) is 6.48. The molecule has 0 radical (unpaired) electrons. The van der Waals surface area contributed by atoms with Gasteiger partial charge in [0, 0.05) is 18.3 Å². The third-order valence-electron chi connectivity index (χ3n) is 6.84. The Morgan fingerprint density at radius 2 is 1.39 bits per heavy atom. The summed E-state index contributed by atoms with van der Waals surface area (Å²) < 4.78 is 85.8. The number of rotatable bonds is 3. The Kier molecular flexibility index (Phi) is 5.38. The van der Waals surface area contributed by atoms with Gasteiger partial charge in [0.15, 0.2) is 11.2 Å². The van der Waals surface area contributed by atoms with Crippen LogP contribution in [0.3, 0.4) is 0 Å². The molecular weight excluding hydrogens is 394 g/mol. The Morgan fingerprint density at radius 1 is 1.00 bits per heavy atom. The summed E-state index contributed by atoms with van der Waals surface area (Å²) in [5.74, 6) is -4.04. The predicted octanol–water partition coefficient (Wildman–Crippen LogP) is 4.13. The summed E-state index contributed by atoms with van der Waals surface area (Å²) in [5.41, 5.74) is -9.23. The number of carbonyl (C=O) groups excluding carboxylic acids is 1. The van der Waals surface area contributed by atoms with Crippen molar-refractivity contribution in [1.82, 2.24) is 0 Å². The van der Waals surface area contributed by atoms with Gasteiger partial charge in [-0.05, 0) is 46.5 Å². The lowest BCUT2D eigenvalue weighted by Gasteiger charge is -2.49. The molecule has 5 atom stereocenters.